The number of aliphatic hydroxyl groups excluding tert-OH is 1. The van der Waals surface area contributed by atoms with Gasteiger partial charge < -0.3 is 19.3 Å². The number of ether oxygens (including phenoxy) is 3. The minimum absolute atomic E-state index is 0.0727. The summed E-state index contributed by atoms with van der Waals surface area (Å²) in [5.41, 5.74) is 0.728. The molecule has 0 radical (unpaired) electrons. The third-order valence-electron chi connectivity index (χ3n) is 5.48. The number of unbranched alkanes of at least 4 members (excludes halogenated alkanes) is 1. The Balaban J connectivity index is 1.86. The Labute approximate surface area is 206 Å². The van der Waals surface area contributed by atoms with E-state index in [0.29, 0.717) is 30.2 Å². The van der Waals surface area contributed by atoms with Crippen LogP contribution in [0, 0.1) is 11.8 Å². The lowest BCUT2D eigenvalue weighted by atomic mass is 9.92. The zero-order chi connectivity index (χ0) is 24.4. The lowest BCUT2D eigenvalue weighted by Crippen LogP contribution is -2.27. The van der Waals surface area contributed by atoms with Crippen LogP contribution in [0.4, 0.5) is 0 Å². The van der Waals surface area contributed by atoms with Crippen molar-refractivity contribution in [3.8, 4) is 5.75 Å². The van der Waals surface area contributed by atoms with Crippen molar-refractivity contribution in [1.29, 1.82) is 0 Å². The maximum absolute atomic E-state index is 11.6. The maximum atomic E-state index is 11.6. The molecule has 1 N–H and O–H groups in total. The Morgan fingerprint density at radius 3 is 2.67 bits per heavy atom. The van der Waals surface area contributed by atoms with Gasteiger partial charge in [0.1, 0.15) is 12.4 Å². The Bertz CT molecular complexity index is 810. The van der Waals surface area contributed by atoms with Crippen LogP contribution in [0.15, 0.2) is 30.4 Å². The van der Waals surface area contributed by atoms with Crippen molar-refractivity contribution < 1.29 is 28.9 Å². The van der Waals surface area contributed by atoms with Crippen LogP contribution in [0.2, 0.25) is 5.02 Å². The Kier molecular flexibility index (Phi) is 11.5. The van der Waals surface area contributed by atoms with Gasteiger partial charge in [0.25, 0.3) is 0 Å². The molecule has 4 atom stereocenters. The van der Waals surface area contributed by atoms with E-state index in [1.807, 2.05) is 19.9 Å². The van der Waals surface area contributed by atoms with Crippen LogP contribution in [0.1, 0.15) is 58.4 Å². The van der Waals surface area contributed by atoms with Gasteiger partial charge in [-0.05, 0) is 69.2 Å². The van der Waals surface area contributed by atoms with E-state index in [1.54, 1.807) is 18.2 Å². The molecule has 0 aromatic heterocycles. The van der Waals surface area contributed by atoms with Gasteiger partial charge in [-0.3, -0.25) is 9.59 Å². The molecule has 1 aromatic rings. The first-order chi connectivity index (χ1) is 15.7. The van der Waals surface area contributed by atoms with E-state index in [9.17, 15) is 14.7 Å². The number of benzene rings is 1. The summed E-state index contributed by atoms with van der Waals surface area (Å²) >= 11 is 12.7. The molecule has 2 rings (SSSR count). The van der Waals surface area contributed by atoms with Crippen LogP contribution >= 0.6 is 23.2 Å². The zero-order valence-electron chi connectivity index (χ0n) is 19.5. The molecule has 6 nitrogen and oxygen atoms in total. The van der Waals surface area contributed by atoms with Crippen molar-refractivity contribution in [3.05, 3.63) is 40.9 Å². The van der Waals surface area contributed by atoms with Gasteiger partial charge in [-0.25, -0.2) is 0 Å². The average Bonchev–Trinajstić information content (AvgIpc) is 2.99. The van der Waals surface area contributed by atoms with Gasteiger partial charge >= 0.3 is 11.9 Å². The third-order valence-corrected chi connectivity index (χ3v) is 6.20. The lowest BCUT2D eigenvalue weighted by Gasteiger charge is -2.23. The first-order valence-electron chi connectivity index (χ1n) is 11.4. The Morgan fingerprint density at radius 2 is 1.97 bits per heavy atom. The van der Waals surface area contributed by atoms with Gasteiger partial charge in [-0.15, -0.1) is 11.6 Å². The summed E-state index contributed by atoms with van der Waals surface area (Å²) in [4.78, 5) is 22.6. The van der Waals surface area contributed by atoms with Crippen molar-refractivity contribution in [2.75, 3.05) is 6.61 Å². The number of rotatable bonds is 12. The maximum Gasteiger partial charge on any atom is 0.306 e. The van der Waals surface area contributed by atoms with Gasteiger partial charge in [-0.2, -0.15) is 0 Å². The Hall–Kier alpha value is -1.76. The van der Waals surface area contributed by atoms with Crippen LogP contribution < -0.4 is 4.74 Å². The fourth-order valence-corrected chi connectivity index (χ4v) is 4.63. The van der Waals surface area contributed by atoms with Gasteiger partial charge in [0.05, 0.1) is 18.8 Å². The molecule has 0 heterocycles. The van der Waals surface area contributed by atoms with Crippen molar-refractivity contribution >= 4 is 35.1 Å². The molecule has 1 aromatic carbocycles. The normalized spacial score (nSPS) is 22.6. The molecule has 1 saturated carbocycles. The summed E-state index contributed by atoms with van der Waals surface area (Å²) in [6.45, 7) is 5.44. The van der Waals surface area contributed by atoms with Crippen molar-refractivity contribution in [1.82, 2.24) is 0 Å². The van der Waals surface area contributed by atoms with Crippen molar-refractivity contribution in [2.45, 2.75) is 77.1 Å². The number of carbonyl (C=O) groups excluding carboxylic acids is 2. The molecule has 0 spiro atoms. The molecular weight excluding hydrogens is 467 g/mol. The topological polar surface area (TPSA) is 82.1 Å². The second-order valence-electron chi connectivity index (χ2n) is 8.67. The molecule has 0 bridgehead atoms. The fraction of sp³-hybridized carbons (Fsp3) is 0.600. The molecule has 1 fully saturated rings. The number of esters is 2. The van der Waals surface area contributed by atoms with E-state index < -0.39 is 6.10 Å². The van der Waals surface area contributed by atoms with Crippen LogP contribution in [-0.2, 0) is 25.7 Å². The summed E-state index contributed by atoms with van der Waals surface area (Å²) in [7, 11) is 0. The molecule has 184 valence electrons. The van der Waals surface area contributed by atoms with Crippen LogP contribution in [0.3, 0.4) is 0 Å². The summed E-state index contributed by atoms with van der Waals surface area (Å²) in [5.74, 6) is -0.0338. The number of alkyl halides is 1. The predicted molar refractivity (Wildman–Crippen MR) is 128 cm³/mol. The number of hydrogen-bond donors (Lipinski definition) is 1. The second-order valence-corrected chi connectivity index (χ2v) is 9.67. The molecule has 0 aliphatic heterocycles. The number of carbonyl (C=O) groups is 2. The standard InChI is InChI=1S/C25H34Cl2O6/c1-16(2)33-25(30)9-7-5-4-6-8-21-22(24(29)13-23(21)27)15-32-20-11-18(10-19(26)12-20)14-31-17(3)28/h4,6,10-12,16,21-24,29H,5,7-9,13-15H2,1-3H3/t21-,22-,23-,24-/m1/s1. The fourth-order valence-electron chi connectivity index (χ4n) is 3.91. The first-order valence-corrected chi connectivity index (χ1v) is 12.2. The van der Waals surface area contributed by atoms with E-state index in [4.69, 9.17) is 37.4 Å². The van der Waals surface area contributed by atoms with E-state index in [1.165, 1.54) is 6.92 Å². The van der Waals surface area contributed by atoms with Crippen LogP contribution in [-0.4, -0.2) is 41.2 Å². The number of allylic oxidation sites excluding steroid dienone is 2. The summed E-state index contributed by atoms with van der Waals surface area (Å²) < 4.78 is 16.1. The lowest BCUT2D eigenvalue weighted by molar-refractivity contribution is -0.147. The summed E-state index contributed by atoms with van der Waals surface area (Å²) in [6, 6.07) is 5.18. The highest BCUT2D eigenvalue weighted by Gasteiger charge is 2.41. The van der Waals surface area contributed by atoms with Gasteiger partial charge in [0.15, 0.2) is 0 Å². The minimum Gasteiger partial charge on any atom is -0.493 e. The van der Waals surface area contributed by atoms with E-state index in [-0.39, 0.29) is 41.9 Å². The molecule has 1 aliphatic carbocycles. The zero-order valence-corrected chi connectivity index (χ0v) is 21.0. The summed E-state index contributed by atoms with van der Waals surface area (Å²) in [5, 5.41) is 10.9. The third kappa shape index (κ3) is 9.95. The first kappa shape index (κ1) is 27.5. The highest BCUT2D eigenvalue weighted by molar-refractivity contribution is 6.30. The smallest absolute Gasteiger partial charge is 0.306 e. The minimum atomic E-state index is -0.545. The molecule has 8 heteroatoms. The van der Waals surface area contributed by atoms with E-state index >= 15 is 0 Å². The Morgan fingerprint density at radius 1 is 1.21 bits per heavy atom. The predicted octanol–water partition coefficient (Wildman–Crippen LogP) is 5.45. The number of hydrogen-bond acceptors (Lipinski definition) is 6. The van der Waals surface area contributed by atoms with E-state index in [0.717, 1.165) is 24.8 Å². The highest BCUT2D eigenvalue weighted by Crippen LogP contribution is 2.39. The van der Waals surface area contributed by atoms with Gasteiger partial charge in [0, 0.05) is 29.7 Å². The van der Waals surface area contributed by atoms with Crippen LogP contribution in [0.25, 0.3) is 0 Å². The largest absolute Gasteiger partial charge is 0.493 e. The summed E-state index contributed by atoms with van der Waals surface area (Å²) in [6.07, 6.45) is 6.64. The highest BCUT2D eigenvalue weighted by atomic mass is 35.5. The average molecular weight is 501 g/mol. The SMILES string of the molecule is CC(=O)OCc1cc(Cl)cc(OC[C@@H]2[C@@H](CC=CCCCC(=O)OC(C)C)[C@H](Cl)C[C@H]2O)c1. The molecule has 0 saturated heterocycles. The van der Waals surface area contributed by atoms with Crippen LogP contribution in [0.5, 0.6) is 5.75 Å². The second kappa shape index (κ2) is 13.8. The molecule has 0 unspecified atom stereocenters. The molecule has 33 heavy (non-hydrogen) atoms. The molecule has 0 amide bonds. The van der Waals surface area contributed by atoms with Gasteiger partial charge in [0.2, 0.25) is 0 Å². The number of halogens is 2. The van der Waals surface area contributed by atoms with Crippen molar-refractivity contribution in [3.63, 3.8) is 0 Å². The molecular formula is C25H34Cl2O6. The number of aliphatic hydroxyl groups is 1. The quantitative estimate of drug-likeness (QED) is 0.177. The van der Waals surface area contributed by atoms with Crippen molar-refractivity contribution in [2.24, 2.45) is 11.8 Å². The van der Waals surface area contributed by atoms with Gasteiger partial charge in [-0.1, -0.05) is 23.8 Å². The monoisotopic (exact) mass is 500 g/mol. The van der Waals surface area contributed by atoms with E-state index in [2.05, 4.69) is 6.08 Å². The molecule has 1 aliphatic rings.